The van der Waals surface area contributed by atoms with E-state index in [0.29, 0.717) is 22.7 Å². The van der Waals surface area contributed by atoms with Crippen molar-refractivity contribution in [2.45, 2.75) is 5.75 Å². The zero-order valence-corrected chi connectivity index (χ0v) is 17.2. The average molecular weight is 446 g/mol. The van der Waals surface area contributed by atoms with Crippen LogP contribution in [0.25, 0.3) is 0 Å². The molecule has 3 N–H and O–H groups in total. The van der Waals surface area contributed by atoms with Gasteiger partial charge in [0, 0.05) is 23.7 Å². The van der Waals surface area contributed by atoms with Crippen LogP contribution in [0.3, 0.4) is 0 Å². The van der Waals surface area contributed by atoms with Gasteiger partial charge >= 0.3 is 5.97 Å². The summed E-state index contributed by atoms with van der Waals surface area (Å²) in [6, 6.07) is 13.1. The molecule has 0 unspecified atom stereocenters. The molecule has 0 aliphatic carbocycles. The first-order chi connectivity index (χ1) is 14.7. The van der Waals surface area contributed by atoms with Crippen molar-refractivity contribution in [1.82, 2.24) is 9.97 Å². The minimum atomic E-state index is -3.29. The number of nitrogens with zero attached hydrogens (tertiary/aromatic N) is 2. The van der Waals surface area contributed by atoms with Gasteiger partial charge in [-0.1, -0.05) is 24.3 Å². The predicted molar refractivity (Wildman–Crippen MR) is 113 cm³/mol. The highest BCUT2D eigenvalue weighted by Gasteiger charge is 2.13. The highest BCUT2D eigenvalue weighted by Crippen LogP contribution is 2.25. The van der Waals surface area contributed by atoms with Gasteiger partial charge in [0.05, 0.1) is 11.9 Å². The molecule has 0 spiro atoms. The molecule has 0 fully saturated rings. The summed E-state index contributed by atoms with van der Waals surface area (Å²) in [4.78, 5) is 18.6. The van der Waals surface area contributed by atoms with E-state index in [4.69, 9.17) is 9.84 Å². The Kier molecular flexibility index (Phi) is 6.65. The first-order valence-electron chi connectivity index (χ1n) is 8.96. The molecule has 162 valence electrons. The molecule has 0 bridgehead atoms. The first kappa shape index (κ1) is 22.0. The van der Waals surface area contributed by atoms with E-state index in [-0.39, 0.29) is 17.5 Å². The zero-order chi connectivity index (χ0) is 22.4. The van der Waals surface area contributed by atoms with Gasteiger partial charge in [-0.2, -0.15) is 4.98 Å². The van der Waals surface area contributed by atoms with Gasteiger partial charge in [0.15, 0.2) is 28.1 Å². The van der Waals surface area contributed by atoms with Crippen LogP contribution < -0.4 is 15.4 Å². The van der Waals surface area contributed by atoms with Crippen LogP contribution in [-0.2, 0) is 20.4 Å². The van der Waals surface area contributed by atoms with Crippen LogP contribution >= 0.6 is 0 Å². The maximum atomic E-state index is 14.3. The summed E-state index contributed by atoms with van der Waals surface area (Å²) in [5.41, 5.74) is 1.37. The fraction of sp³-hybridized carbons (Fsp3) is 0.150. The van der Waals surface area contributed by atoms with Crippen LogP contribution in [-0.4, -0.2) is 42.3 Å². The number of hydrogen-bond acceptors (Lipinski definition) is 8. The largest absolute Gasteiger partial charge is 0.482 e. The molecular formula is C20H19FN4O5S. The minimum absolute atomic E-state index is 0.0693. The van der Waals surface area contributed by atoms with Gasteiger partial charge in [0.2, 0.25) is 5.95 Å². The topological polar surface area (TPSA) is 131 Å². The molecule has 3 aromatic rings. The third kappa shape index (κ3) is 6.64. The lowest BCUT2D eigenvalue weighted by atomic mass is 10.2. The molecule has 3 rings (SSSR count). The average Bonchev–Trinajstić information content (AvgIpc) is 2.69. The normalized spacial score (nSPS) is 11.0. The van der Waals surface area contributed by atoms with E-state index in [1.165, 1.54) is 0 Å². The number of benzene rings is 2. The molecule has 31 heavy (non-hydrogen) atoms. The number of anilines is 4. The van der Waals surface area contributed by atoms with Crippen molar-refractivity contribution in [3.8, 4) is 5.75 Å². The molecule has 11 heteroatoms. The van der Waals surface area contributed by atoms with Gasteiger partial charge in [0.1, 0.15) is 5.75 Å². The molecule has 0 aliphatic rings. The molecule has 0 saturated heterocycles. The Morgan fingerprint density at radius 1 is 1.16 bits per heavy atom. The van der Waals surface area contributed by atoms with Crippen LogP contribution in [0, 0.1) is 5.82 Å². The second-order valence-electron chi connectivity index (χ2n) is 6.58. The van der Waals surface area contributed by atoms with Crippen molar-refractivity contribution in [3.63, 3.8) is 0 Å². The first-order valence-corrected chi connectivity index (χ1v) is 11.0. The van der Waals surface area contributed by atoms with E-state index >= 15 is 0 Å². The third-order valence-electron chi connectivity index (χ3n) is 3.88. The van der Waals surface area contributed by atoms with Gasteiger partial charge < -0.3 is 20.5 Å². The number of aliphatic carboxylic acids is 1. The number of rotatable bonds is 9. The van der Waals surface area contributed by atoms with Gasteiger partial charge in [0.25, 0.3) is 0 Å². The van der Waals surface area contributed by atoms with Crippen molar-refractivity contribution < 1.29 is 27.4 Å². The van der Waals surface area contributed by atoms with Crippen LogP contribution in [0.2, 0.25) is 0 Å². The molecule has 1 heterocycles. The number of sulfone groups is 1. The number of nitrogens with one attached hydrogen (secondary N) is 2. The second kappa shape index (κ2) is 9.39. The number of carboxylic acid groups (broad SMARTS) is 1. The Morgan fingerprint density at radius 2 is 1.94 bits per heavy atom. The quantitative estimate of drug-likeness (QED) is 0.454. The van der Waals surface area contributed by atoms with Crippen LogP contribution in [0.1, 0.15) is 5.56 Å². The fourth-order valence-electron chi connectivity index (χ4n) is 2.63. The fourth-order valence-corrected chi connectivity index (χ4v) is 3.45. The maximum Gasteiger partial charge on any atom is 0.341 e. The number of hydrogen-bond donors (Lipinski definition) is 3. The van der Waals surface area contributed by atoms with Crippen molar-refractivity contribution in [1.29, 1.82) is 0 Å². The summed E-state index contributed by atoms with van der Waals surface area (Å²) >= 11 is 0. The Labute approximate surface area is 177 Å². The van der Waals surface area contributed by atoms with Gasteiger partial charge in [-0.15, -0.1) is 0 Å². The molecule has 2 aromatic carbocycles. The van der Waals surface area contributed by atoms with Crippen molar-refractivity contribution in [2.75, 3.05) is 23.5 Å². The predicted octanol–water partition coefficient (Wildman–Crippen LogP) is 3.11. The van der Waals surface area contributed by atoms with E-state index in [2.05, 4.69) is 20.6 Å². The number of ether oxygens (including phenoxy) is 1. The lowest BCUT2D eigenvalue weighted by molar-refractivity contribution is -0.139. The molecule has 9 nitrogen and oxygen atoms in total. The Bertz CT molecular complexity index is 1200. The summed E-state index contributed by atoms with van der Waals surface area (Å²) in [5.74, 6) is -1.79. The second-order valence-corrected chi connectivity index (χ2v) is 8.72. The molecule has 0 saturated carbocycles. The Morgan fingerprint density at radius 3 is 2.68 bits per heavy atom. The van der Waals surface area contributed by atoms with Crippen LogP contribution in [0.4, 0.5) is 27.5 Å². The lowest BCUT2D eigenvalue weighted by Gasteiger charge is -2.13. The molecule has 0 atom stereocenters. The molecule has 0 radical (unpaired) electrons. The summed E-state index contributed by atoms with van der Waals surface area (Å²) in [6.07, 6.45) is 2.09. The minimum Gasteiger partial charge on any atom is -0.482 e. The van der Waals surface area contributed by atoms with Gasteiger partial charge in [-0.05, 0) is 23.8 Å². The van der Waals surface area contributed by atoms with Crippen LogP contribution in [0.15, 0.2) is 54.7 Å². The Balaban J connectivity index is 1.81. The zero-order valence-electron chi connectivity index (χ0n) is 16.4. The van der Waals surface area contributed by atoms with E-state index in [0.717, 1.165) is 12.5 Å². The summed E-state index contributed by atoms with van der Waals surface area (Å²) in [5, 5.41) is 14.4. The molecular weight excluding hydrogens is 427 g/mol. The number of aromatic nitrogens is 2. The smallest absolute Gasteiger partial charge is 0.341 e. The third-order valence-corrected chi connectivity index (χ3v) is 4.72. The summed E-state index contributed by atoms with van der Waals surface area (Å²) in [6.45, 7) is -0.489. The van der Waals surface area contributed by atoms with Gasteiger partial charge in [-0.25, -0.2) is 22.6 Å². The lowest BCUT2D eigenvalue weighted by Crippen LogP contribution is -2.09. The molecule has 0 amide bonds. The number of halogens is 1. The SMILES string of the molecule is CS(=O)(=O)Cc1ccccc1Nc1nc(Nc2cccc(OCC(=O)O)c2)ncc1F. The van der Waals surface area contributed by atoms with E-state index in [1.54, 1.807) is 48.5 Å². The number of carbonyl (C=O) groups is 1. The van der Waals surface area contributed by atoms with Crippen molar-refractivity contribution in [2.24, 2.45) is 0 Å². The monoisotopic (exact) mass is 446 g/mol. The van der Waals surface area contributed by atoms with Gasteiger partial charge in [-0.3, -0.25) is 0 Å². The molecule has 1 aromatic heterocycles. The summed E-state index contributed by atoms with van der Waals surface area (Å²) in [7, 11) is -3.29. The van der Waals surface area contributed by atoms with Crippen molar-refractivity contribution in [3.05, 3.63) is 66.1 Å². The standard InChI is InChI=1S/C20H19FN4O5S/c1-31(28,29)12-13-5-2-3-8-17(13)24-19-16(21)10-22-20(25-19)23-14-6-4-7-15(9-14)30-11-18(26)27/h2-10H,11-12H2,1H3,(H,26,27)(H2,22,23,24,25). The molecule has 0 aliphatic heterocycles. The van der Waals surface area contributed by atoms with E-state index in [9.17, 15) is 17.6 Å². The van der Waals surface area contributed by atoms with Crippen LogP contribution in [0.5, 0.6) is 5.75 Å². The highest BCUT2D eigenvalue weighted by molar-refractivity contribution is 7.89. The Hall–Kier alpha value is -3.73. The van der Waals surface area contributed by atoms with Crippen molar-refractivity contribution >= 4 is 38.9 Å². The van der Waals surface area contributed by atoms with E-state index in [1.807, 2.05) is 0 Å². The number of para-hydroxylation sites is 1. The van der Waals surface area contributed by atoms with E-state index < -0.39 is 28.2 Å². The highest BCUT2D eigenvalue weighted by atomic mass is 32.2. The summed E-state index contributed by atoms with van der Waals surface area (Å²) < 4.78 is 42.7. The number of carboxylic acids is 1. The maximum absolute atomic E-state index is 14.3.